The minimum Gasteiger partial charge on any atom is -0.484 e. The van der Waals surface area contributed by atoms with E-state index in [2.05, 4.69) is 9.97 Å². The second kappa shape index (κ2) is 7.61. The topological polar surface area (TPSA) is 78.4 Å². The Morgan fingerprint density at radius 2 is 2.05 bits per heavy atom. The molecule has 0 unspecified atom stereocenters. The number of hydrogen-bond acceptors (Lipinski definition) is 4. The lowest BCUT2D eigenvalue weighted by molar-refractivity contribution is -0.134. The van der Waals surface area contributed by atoms with E-state index in [1.165, 1.54) is 0 Å². The Kier molecular flexibility index (Phi) is 5.55. The largest absolute Gasteiger partial charge is 0.484 e. The van der Waals surface area contributed by atoms with Crippen molar-refractivity contribution >= 4 is 5.91 Å². The predicted octanol–water partition coefficient (Wildman–Crippen LogP) is 1.43. The normalized spacial score (nSPS) is 10.5. The zero-order valence-corrected chi connectivity index (χ0v) is 12.9. The number of aromatic amines is 1. The summed E-state index contributed by atoms with van der Waals surface area (Å²) in [5.41, 5.74) is 1.96. The van der Waals surface area contributed by atoms with Crippen molar-refractivity contribution in [3.63, 3.8) is 0 Å². The Bertz CT molecular complexity index is 607. The summed E-state index contributed by atoms with van der Waals surface area (Å²) in [5, 5.41) is 9.12. The number of rotatable bonds is 7. The summed E-state index contributed by atoms with van der Waals surface area (Å²) in [6.07, 6.45) is 1.69. The molecule has 1 heterocycles. The van der Waals surface area contributed by atoms with Gasteiger partial charge in [-0.15, -0.1) is 0 Å². The molecule has 0 aliphatic heterocycles. The number of hydrogen-bond donors (Lipinski definition) is 2. The fourth-order valence-electron chi connectivity index (χ4n) is 2.04. The van der Waals surface area contributed by atoms with E-state index in [1.54, 1.807) is 11.1 Å². The van der Waals surface area contributed by atoms with Crippen LogP contribution in [0.25, 0.3) is 0 Å². The van der Waals surface area contributed by atoms with E-state index >= 15 is 0 Å². The molecule has 1 aromatic heterocycles. The van der Waals surface area contributed by atoms with Crippen molar-refractivity contribution in [1.82, 2.24) is 14.9 Å². The number of carbonyl (C=O) groups is 1. The first-order valence-corrected chi connectivity index (χ1v) is 7.17. The number of imidazole rings is 1. The van der Waals surface area contributed by atoms with Crippen LogP contribution in [0.4, 0.5) is 0 Å². The van der Waals surface area contributed by atoms with Crippen LogP contribution in [-0.2, 0) is 11.3 Å². The molecule has 0 fully saturated rings. The van der Waals surface area contributed by atoms with Crippen LogP contribution < -0.4 is 4.74 Å². The van der Waals surface area contributed by atoms with Crippen LogP contribution in [-0.4, -0.2) is 45.6 Å². The van der Waals surface area contributed by atoms with Crippen molar-refractivity contribution in [2.75, 3.05) is 19.8 Å². The average Bonchev–Trinajstić information content (AvgIpc) is 2.91. The molecule has 2 N–H and O–H groups in total. The molecule has 0 aliphatic carbocycles. The highest BCUT2D eigenvalue weighted by Gasteiger charge is 2.15. The molecule has 1 aromatic carbocycles. The fraction of sp³-hybridized carbons (Fsp3) is 0.375. The first-order valence-electron chi connectivity index (χ1n) is 7.17. The number of aromatic nitrogens is 2. The van der Waals surface area contributed by atoms with Crippen molar-refractivity contribution in [2.45, 2.75) is 20.4 Å². The maximum absolute atomic E-state index is 12.2. The third-order valence-electron chi connectivity index (χ3n) is 3.22. The number of benzene rings is 1. The number of aliphatic hydroxyl groups excluding tert-OH is 1. The van der Waals surface area contributed by atoms with E-state index in [4.69, 9.17) is 9.84 Å². The third kappa shape index (κ3) is 4.60. The van der Waals surface area contributed by atoms with Crippen LogP contribution in [0.3, 0.4) is 0 Å². The van der Waals surface area contributed by atoms with Crippen molar-refractivity contribution in [2.24, 2.45) is 0 Å². The number of aryl methyl sites for hydroxylation is 2. The summed E-state index contributed by atoms with van der Waals surface area (Å²) in [7, 11) is 0. The number of nitrogens with one attached hydrogen (secondary N) is 1. The Morgan fingerprint density at radius 3 is 2.64 bits per heavy atom. The molecule has 0 spiro atoms. The SMILES string of the molecule is Cc1ccc(OCC(=O)N(CCO)Cc2cnc(C)[nH]2)cc1. The van der Waals surface area contributed by atoms with E-state index in [9.17, 15) is 4.79 Å². The summed E-state index contributed by atoms with van der Waals surface area (Å²) < 4.78 is 5.49. The van der Waals surface area contributed by atoms with Crippen LogP contribution in [0.5, 0.6) is 5.75 Å². The highest BCUT2D eigenvalue weighted by atomic mass is 16.5. The Morgan fingerprint density at radius 1 is 1.32 bits per heavy atom. The molecule has 2 rings (SSSR count). The van der Waals surface area contributed by atoms with Gasteiger partial charge in [0.05, 0.1) is 25.0 Å². The van der Waals surface area contributed by atoms with Gasteiger partial charge in [0.15, 0.2) is 6.61 Å². The van der Waals surface area contributed by atoms with Gasteiger partial charge in [0.25, 0.3) is 5.91 Å². The number of H-pyrrole nitrogens is 1. The van der Waals surface area contributed by atoms with E-state index in [-0.39, 0.29) is 25.7 Å². The molecule has 6 heteroatoms. The van der Waals surface area contributed by atoms with Gasteiger partial charge in [-0.1, -0.05) is 17.7 Å². The van der Waals surface area contributed by atoms with Gasteiger partial charge in [0.1, 0.15) is 11.6 Å². The molecule has 0 aliphatic rings. The zero-order valence-electron chi connectivity index (χ0n) is 12.9. The van der Waals surface area contributed by atoms with Gasteiger partial charge in [0.2, 0.25) is 0 Å². The Labute approximate surface area is 129 Å². The number of carbonyl (C=O) groups excluding carboxylic acids is 1. The molecule has 118 valence electrons. The summed E-state index contributed by atoms with van der Waals surface area (Å²) in [4.78, 5) is 21.0. The van der Waals surface area contributed by atoms with Crippen LogP contribution in [0.15, 0.2) is 30.5 Å². The monoisotopic (exact) mass is 303 g/mol. The highest BCUT2D eigenvalue weighted by Crippen LogP contribution is 2.12. The average molecular weight is 303 g/mol. The van der Waals surface area contributed by atoms with E-state index in [1.807, 2.05) is 38.1 Å². The smallest absolute Gasteiger partial charge is 0.260 e. The van der Waals surface area contributed by atoms with Crippen LogP contribution in [0.1, 0.15) is 17.1 Å². The van der Waals surface area contributed by atoms with Gasteiger partial charge in [-0.2, -0.15) is 0 Å². The van der Waals surface area contributed by atoms with Gasteiger partial charge >= 0.3 is 0 Å². The first kappa shape index (κ1) is 16.0. The lowest BCUT2D eigenvalue weighted by atomic mass is 10.2. The van der Waals surface area contributed by atoms with Crippen molar-refractivity contribution in [1.29, 1.82) is 0 Å². The zero-order chi connectivity index (χ0) is 15.9. The Balaban J connectivity index is 1.92. The molecule has 2 aromatic rings. The molecule has 0 atom stereocenters. The maximum atomic E-state index is 12.2. The lowest BCUT2D eigenvalue weighted by Crippen LogP contribution is -2.36. The standard InChI is InChI=1S/C16H21N3O3/c1-12-3-5-15(6-4-12)22-11-16(21)19(7-8-20)10-14-9-17-13(2)18-14/h3-6,9,20H,7-8,10-11H2,1-2H3,(H,17,18). The van der Waals surface area contributed by atoms with E-state index in [0.717, 1.165) is 17.1 Å². The highest BCUT2D eigenvalue weighted by molar-refractivity contribution is 5.77. The van der Waals surface area contributed by atoms with E-state index < -0.39 is 0 Å². The molecule has 0 radical (unpaired) electrons. The Hall–Kier alpha value is -2.34. The molecule has 6 nitrogen and oxygen atoms in total. The molecule has 0 saturated heterocycles. The van der Waals surface area contributed by atoms with Crippen LogP contribution in [0.2, 0.25) is 0 Å². The maximum Gasteiger partial charge on any atom is 0.260 e. The number of amides is 1. The fourth-order valence-corrected chi connectivity index (χ4v) is 2.04. The predicted molar refractivity (Wildman–Crippen MR) is 82.5 cm³/mol. The van der Waals surface area contributed by atoms with Crippen molar-refractivity contribution in [3.8, 4) is 5.75 Å². The summed E-state index contributed by atoms with van der Waals surface area (Å²) >= 11 is 0. The van der Waals surface area contributed by atoms with Gasteiger partial charge in [-0.3, -0.25) is 4.79 Å². The van der Waals surface area contributed by atoms with Gasteiger partial charge in [-0.05, 0) is 26.0 Å². The number of aliphatic hydroxyl groups is 1. The molecular formula is C16H21N3O3. The molecule has 0 bridgehead atoms. The van der Waals surface area contributed by atoms with Crippen LogP contribution in [0, 0.1) is 13.8 Å². The minimum absolute atomic E-state index is 0.0593. The number of nitrogens with zero attached hydrogens (tertiary/aromatic N) is 2. The summed E-state index contributed by atoms with van der Waals surface area (Å²) in [6.45, 7) is 4.32. The van der Waals surface area contributed by atoms with Crippen molar-refractivity contribution in [3.05, 3.63) is 47.5 Å². The van der Waals surface area contributed by atoms with Crippen LogP contribution >= 0.6 is 0 Å². The first-order chi connectivity index (χ1) is 10.6. The second-order valence-electron chi connectivity index (χ2n) is 5.13. The van der Waals surface area contributed by atoms with E-state index in [0.29, 0.717) is 12.3 Å². The summed E-state index contributed by atoms with van der Waals surface area (Å²) in [5.74, 6) is 1.27. The van der Waals surface area contributed by atoms with Gasteiger partial charge in [-0.25, -0.2) is 4.98 Å². The molecule has 1 amide bonds. The molecule has 22 heavy (non-hydrogen) atoms. The van der Waals surface area contributed by atoms with Crippen molar-refractivity contribution < 1.29 is 14.6 Å². The lowest BCUT2D eigenvalue weighted by Gasteiger charge is -2.21. The minimum atomic E-state index is -0.179. The molecular weight excluding hydrogens is 282 g/mol. The number of ether oxygens (including phenoxy) is 1. The second-order valence-corrected chi connectivity index (χ2v) is 5.13. The van der Waals surface area contributed by atoms with Gasteiger partial charge < -0.3 is 19.7 Å². The van der Waals surface area contributed by atoms with Gasteiger partial charge in [0, 0.05) is 6.54 Å². The third-order valence-corrected chi connectivity index (χ3v) is 3.22. The molecule has 0 saturated carbocycles. The summed E-state index contributed by atoms with van der Waals surface area (Å²) in [6, 6.07) is 7.52. The quantitative estimate of drug-likeness (QED) is 0.811.